The van der Waals surface area contributed by atoms with Crippen LogP contribution < -0.4 is 10.9 Å². The summed E-state index contributed by atoms with van der Waals surface area (Å²) in [6, 6.07) is 16.0. The number of aromatic nitrogens is 5. The van der Waals surface area contributed by atoms with Gasteiger partial charge < -0.3 is 10.1 Å². The van der Waals surface area contributed by atoms with Crippen molar-refractivity contribution in [1.82, 2.24) is 24.1 Å². The van der Waals surface area contributed by atoms with Crippen LogP contribution in [0.5, 0.6) is 0 Å². The summed E-state index contributed by atoms with van der Waals surface area (Å²) in [5.74, 6) is 0.159. The van der Waals surface area contributed by atoms with Gasteiger partial charge >= 0.3 is 0 Å². The summed E-state index contributed by atoms with van der Waals surface area (Å²) >= 11 is 0. The van der Waals surface area contributed by atoms with Crippen LogP contribution in [0.15, 0.2) is 72.0 Å². The molecule has 1 saturated heterocycles. The van der Waals surface area contributed by atoms with E-state index >= 15 is 0 Å². The summed E-state index contributed by atoms with van der Waals surface area (Å²) in [7, 11) is 0. The molecule has 37 heavy (non-hydrogen) atoms. The Hall–Kier alpha value is -4.11. The third-order valence-corrected chi connectivity index (χ3v) is 6.81. The molecule has 0 spiro atoms. The lowest BCUT2D eigenvalue weighted by atomic mass is 10.1. The minimum Gasteiger partial charge on any atom is -0.368 e. The largest absolute Gasteiger partial charge is 0.368 e. The van der Waals surface area contributed by atoms with E-state index in [0.29, 0.717) is 35.4 Å². The lowest BCUT2D eigenvalue weighted by Crippen LogP contribution is -2.23. The number of imidazole rings is 1. The van der Waals surface area contributed by atoms with Crippen LogP contribution in [-0.2, 0) is 11.2 Å². The third kappa shape index (κ3) is 4.46. The zero-order valence-corrected chi connectivity index (χ0v) is 20.3. The van der Waals surface area contributed by atoms with E-state index in [-0.39, 0.29) is 17.2 Å². The van der Waals surface area contributed by atoms with E-state index in [1.54, 1.807) is 23.0 Å². The maximum Gasteiger partial charge on any atom is 0.266 e. The Morgan fingerprint density at radius 3 is 2.78 bits per heavy atom. The minimum atomic E-state index is -0.508. The van der Waals surface area contributed by atoms with E-state index in [1.807, 2.05) is 41.0 Å². The molecular formula is C28H27FN6O2. The first-order chi connectivity index (χ1) is 18.2. The molecule has 0 bridgehead atoms. The van der Waals surface area contributed by atoms with Crippen LogP contribution in [0, 0.1) is 5.82 Å². The first kappa shape index (κ1) is 23.3. The molecule has 4 heterocycles. The van der Waals surface area contributed by atoms with Gasteiger partial charge in [0.1, 0.15) is 18.4 Å². The molecule has 1 aliphatic rings. The van der Waals surface area contributed by atoms with Crippen molar-refractivity contribution in [3.63, 3.8) is 0 Å². The summed E-state index contributed by atoms with van der Waals surface area (Å²) in [5, 5.41) is 4.09. The monoisotopic (exact) mass is 498 g/mol. The van der Waals surface area contributed by atoms with Crippen molar-refractivity contribution < 1.29 is 9.13 Å². The number of benzene rings is 2. The van der Waals surface area contributed by atoms with Crippen LogP contribution in [0.3, 0.4) is 0 Å². The summed E-state index contributed by atoms with van der Waals surface area (Å²) in [6.07, 6.45) is 7.74. The quantitative estimate of drug-likeness (QED) is 0.317. The van der Waals surface area contributed by atoms with Gasteiger partial charge in [-0.1, -0.05) is 30.3 Å². The van der Waals surface area contributed by atoms with Crippen molar-refractivity contribution in [1.29, 1.82) is 0 Å². The lowest BCUT2D eigenvalue weighted by molar-refractivity contribution is -0.0298. The summed E-state index contributed by atoms with van der Waals surface area (Å²) in [4.78, 5) is 26.8. The normalized spacial score (nSPS) is 15.9. The van der Waals surface area contributed by atoms with Gasteiger partial charge in [0, 0.05) is 24.5 Å². The zero-order valence-electron chi connectivity index (χ0n) is 20.3. The fourth-order valence-corrected chi connectivity index (χ4v) is 5.03. The van der Waals surface area contributed by atoms with Crippen molar-refractivity contribution >= 4 is 27.8 Å². The predicted molar refractivity (Wildman–Crippen MR) is 140 cm³/mol. The number of para-hydroxylation sites is 1. The van der Waals surface area contributed by atoms with Crippen LogP contribution in [0.25, 0.3) is 27.6 Å². The molecule has 8 nitrogen and oxygen atoms in total. The van der Waals surface area contributed by atoms with Crippen LogP contribution in [-0.4, -0.2) is 37.2 Å². The van der Waals surface area contributed by atoms with E-state index in [9.17, 15) is 9.18 Å². The Morgan fingerprint density at radius 1 is 1.05 bits per heavy atom. The molecule has 0 radical (unpaired) electrons. The first-order valence-corrected chi connectivity index (χ1v) is 12.6. The highest BCUT2D eigenvalue weighted by Gasteiger charge is 2.20. The van der Waals surface area contributed by atoms with Crippen LogP contribution in [0.4, 0.5) is 10.2 Å². The van der Waals surface area contributed by atoms with Gasteiger partial charge in [0.2, 0.25) is 0 Å². The molecule has 1 unspecified atom stereocenters. The summed E-state index contributed by atoms with van der Waals surface area (Å²) < 4.78 is 24.1. The molecule has 6 rings (SSSR count). The maximum absolute atomic E-state index is 14.6. The smallest absolute Gasteiger partial charge is 0.266 e. The average molecular weight is 499 g/mol. The molecule has 5 aromatic rings. The number of nitrogens with one attached hydrogen (secondary N) is 1. The number of pyridine rings is 1. The van der Waals surface area contributed by atoms with Crippen LogP contribution in [0.1, 0.15) is 37.6 Å². The van der Waals surface area contributed by atoms with E-state index in [2.05, 4.69) is 20.3 Å². The van der Waals surface area contributed by atoms with E-state index < -0.39 is 5.82 Å². The van der Waals surface area contributed by atoms with Crippen molar-refractivity contribution in [3.05, 3.63) is 89.1 Å². The molecule has 188 valence electrons. The van der Waals surface area contributed by atoms with Crippen molar-refractivity contribution in [3.8, 4) is 5.69 Å². The highest BCUT2D eigenvalue weighted by atomic mass is 19.1. The fraction of sp³-hybridized carbons (Fsp3) is 0.286. The highest BCUT2D eigenvalue weighted by Crippen LogP contribution is 2.27. The van der Waals surface area contributed by atoms with Crippen LogP contribution >= 0.6 is 0 Å². The Balaban J connectivity index is 1.23. The Kier molecular flexibility index (Phi) is 6.36. The first-order valence-electron chi connectivity index (χ1n) is 12.6. The lowest BCUT2D eigenvalue weighted by Gasteiger charge is -2.23. The number of hydrogen-bond acceptors (Lipinski definition) is 6. The Bertz CT molecular complexity index is 1610. The maximum atomic E-state index is 14.6. The number of aryl methyl sites for hydroxylation is 1. The number of nitrogens with zero attached hydrogens (tertiary/aromatic N) is 5. The second-order valence-electron chi connectivity index (χ2n) is 9.21. The second kappa shape index (κ2) is 10.1. The van der Waals surface area contributed by atoms with Gasteiger partial charge in [0.15, 0.2) is 17.0 Å². The molecule has 0 aliphatic carbocycles. The van der Waals surface area contributed by atoms with E-state index in [1.165, 1.54) is 12.4 Å². The van der Waals surface area contributed by atoms with Gasteiger partial charge in [-0.3, -0.25) is 13.9 Å². The standard InChI is InChI=1S/C28H27FN6O2/c29-22-12-6-8-19-16-21(35(28(36)24(19)22)20-9-2-1-3-10-20)11-7-14-30-26-25-27(32-17-31-26)34(18-33-25)23-13-4-5-15-37-23/h1-3,6,8-10,12,16-18,23H,4-5,7,11,13-15H2,(H,30,31,32). The van der Waals surface area contributed by atoms with Crippen LogP contribution in [0.2, 0.25) is 0 Å². The molecule has 3 aromatic heterocycles. The molecule has 1 N–H and O–H groups in total. The molecule has 2 aromatic carbocycles. The van der Waals surface area contributed by atoms with E-state index in [0.717, 1.165) is 43.6 Å². The van der Waals surface area contributed by atoms with Gasteiger partial charge in [-0.2, -0.15) is 0 Å². The summed E-state index contributed by atoms with van der Waals surface area (Å²) in [5.41, 5.74) is 2.65. The van der Waals surface area contributed by atoms with Gasteiger partial charge in [-0.05, 0) is 61.8 Å². The number of rotatable bonds is 7. The Labute approximate surface area is 212 Å². The Morgan fingerprint density at radius 2 is 1.95 bits per heavy atom. The average Bonchev–Trinajstić information content (AvgIpc) is 3.37. The fourth-order valence-electron chi connectivity index (χ4n) is 5.03. The van der Waals surface area contributed by atoms with Gasteiger partial charge in [0.05, 0.1) is 11.7 Å². The van der Waals surface area contributed by atoms with Gasteiger partial charge in [-0.25, -0.2) is 19.3 Å². The molecule has 1 atom stereocenters. The number of anilines is 1. The number of halogens is 1. The molecule has 9 heteroatoms. The topological polar surface area (TPSA) is 86.9 Å². The summed E-state index contributed by atoms with van der Waals surface area (Å²) in [6.45, 7) is 1.36. The number of hydrogen-bond donors (Lipinski definition) is 1. The SMILES string of the molecule is O=c1c2c(F)cccc2cc(CCCNc2ncnc3c2ncn3C2CCCCO2)n1-c1ccccc1. The highest BCUT2D eigenvalue weighted by molar-refractivity contribution is 5.83. The van der Waals surface area contributed by atoms with E-state index in [4.69, 9.17) is 4.74 Å². The number of ether oxygens (including phenoxy) is 1. The van der Waals surface area contributed by atoms with Crippen molar-refractivity contribution in [2.75, 3.05) is 18.5 Å². The minimum absolute atomic E-state index is 0.0473. The van der Waals surface area contributed by atoms with Gasteiger partial charge in [-0.15, -0.1) is 0 Å². The van der Waals surface area contributed by atoms with Crippen molar-refractivity contribution in [2.45, 2.75) is 38.3 Å². The number of fused-ring (bicyclic) bond motifs is 2. The third-order valence-electron chi connectivity index (χ3n) is 6.81. The van der Waals surface area contributed by atoms with Gasteiger partial charge in [0.25, 0.3) is 5.56 Å². The molecule has 1 fully saturated rings. The molecule has 0 amide bonds. The zero-order chi connectivity index (χ0) is 25.2. The second-order valence-corrected chi connectivity index (χ2v) is 9.21. The molecular weight excluding hydrogens is 471 g/mol. The molecule has 0 saturated carbocycles. The predicted octanol–water partition coefficient (Wildman–Crippen LogP) is 5.01. The molecule has 1 aliphatic heterocycles. The van der Waals surface area contributed by atoms with Crippen molar-refractivity contribution in [2.24, 2.45) is 0 Å².